The Balaban J connectivity index is 1.79. The molecule has 1 unspecified atom stereocenters. The van der Waals surface area contributed by atoms with E-state index in [2.05, 4.69) is 117 Å². The highest BCUT2D eigenvalue weighted by molar-refractivity contribution is 7.98. The van der Waals surface area contributed by atoms with E-state index in [0.717, 1.165) is 12.0 Å². The Kier molecular flexibility index (Phi) is 8.18. The number of thioether (sulfide) groups is 1. The molecule has 0 saturated carbocycles. The molecule has 2 aromatic carbocycles. The van der Waals surface area contributed by atoms with Crippen LogP contribution in [0.1, 0.15) is 59.0 Å². The van der Waals surface area contributed by atoms with Gasteiger partial charge in [-0.15, -0.1) is 11.8 Å². The fourth-order valence-electron chi connectivity index (χ4n) is 4.97. The molecule has 0 spiro atoms. The molecule has 182 valence electrons. The first-order valence-electron chi connectivity index (χ1n) is 12.5. The maximum absolute atomic E-state index is 4.35. The van der Waals surface area contributed by atoms with Crippen molar-refractivity contribution in [2.24, 2.45) is 0 Å². The van der Waals surface area contributed by atoms with Crippen molar-refractivity contribution in [3.8, 4) is 5.69 Å². The number of fused-ring (bicyclic) bond motifs is 1. The van der Waals surface area contributed by atoms with Crippen molar-refractivity contribution in [1.29, 1.82) is 0 Å². The van der Waals surface area contributed by atoms with Crippen molar-refractivity contribution >= 4 is 35.6 Å². The third kappa shape index (κ3) is 5.05. The number of benzene rings is 2. The minimum absolute atomic E-state index is 0.296. The van der Waals surface area contributed by atoms with E-state index in [1.165, 1.54) is 49.8 Å². The predicted molar refractivity (Wildman–Crippen MR) is 162 cm³/mol. The summed E-state index contributed by atoms with van der Waals surface area (Å²) in [5.41, 5.74) is 11.0. The van der Waals surface area contributed by atoms with Gasteiger partial charge in [0, 0.05) is 27.8 Å². The van der Waals surface area contributed by atoms with Gasteiger partial charge in [-0.2, -0.15) is 0 Å². The van der Waals surface area contributed by atoms with Crippen LogP contribution in [0, 0.1) is 6.92 Å². The van der Waals surface area contributed by atoms with Gasteiger partial charge in [-0.3, -0.25) is 0 Å². The third-order valence-corrected chi connectivity index (χ3v) is 7.49. The van der Waals surface area contributed by atoms with Crippen LogP contribution in [0.5, 0.6) is 0 Å². The monoisotopic (exact) mass is 489 g/mol. The zero-order valence-corrected chi connectivity index (χ0v) is 22.6. The Hall–Kier alpha value is -3.49. The molecule has 1 aromatic heterocycles. The van der Waals surface area contributed by atoms with Crippen molar-refractivity contribution in [3.05, 3.63) is 131 Å². The zero-order chi connectivity index (χ0) is 25.7. The lowest BCUT2D eigenvalue weighted by Crippen LogP contribution is -2.08. The number of nitrogens with zero attached hydrogens (tertiary/aromatic N) is 1. The lowest BCUT2D eigenvalue weighted by Gasteiger charge is -2.21. The summed E-state index contributed by atoms with van der Waals surface area (Å²) >= 11 is 1.77. The van der Waals surface area contributed by atoms with E-state index in [0.29, 0.717) is 5.92 Å². The third-order valence-electron chi connectivity index (χ3n) is 6.69. The van der Waals surface area contributed by atoms with Gasteiger partial charge in [0.2, 0.25) is 0 Å². The SMILES string of the molecule is C=Cc1c2c(n(-c3cccc(C)c3)c1/C=C\C)C=CC(c1ccc(SC)c(C(=C)/C=C\C=C/C)c1)C2. The average Bonchev–Trinajstić information content (AvgIpc) is 3.20. The van der Waals surface area contributed by atoms with Crippen LogP contribution in [0.3, 0.4) is 0 Å². The first kappa shape index (κ1) is 25.6. The molecule has 1 aliphatic carbocycles. The molecule has 1 nitrogen and oxygen atoms in total. The van der Waals surface area contributed by atoms with Gasteiger partial charge in [-0.05, 0) is 97.7 Å². The first-order valence-corrected chi connectivity index (χ1v) is 13.7. The summed E-state index contributed by atoms with van der Waals surface area (Å²) in [6, 6.07) is 15.6. The lowest BCUT2D eigenvalue weighted by molar-refractivity contribution is 0.818. The maximum atomic E-state index is 4.35. The quantitative estimate of drug-likeness (QED) is 0.225. The Morgan fingerprint density at radius 3 is 2.61 bits per heavy atom. The van der Waals surface area contributed by atoms with Crippen molar-refractivity contribution in [2.45, 2.75) is 38.0 Å². The lowest BCUT2D eigenvalue weighted by atomic mass is 9.85. The van der Waals surface area contributed by atoms with Crippen LogP contribution < -0.4 is 0 Å². The van der Waals surface area contributed by atoms with E-state index < -0.39 is 0 Å². The molecule has 1 atom stereocenters. The summed E-state index contributed by atoms with van der Waals surface area (Å²) in [5.74, 6) is 0.296. The highest BCUT2D eigenvalue weighted by atomic mass is 32.2. The Labute approximate surface area is 221 Å². The van der Waals surface area contributed by atoms with Crippen LogP contribution in [-0.2, 0) is 6.42 Å². The summed E-state index contributed by atoms with van der Waals surface area (Å²) in [6.45, 7) is 14.8. The standard InChI is InChI=1S/C34H35NS/c1-7-10-11-15-25(5)30-22-27(18-20-34(30)36-6)26-17-19-33-31(23-26)29(9-3)32(13-8-2)35(33)28-16-12-14-24(4)21-28/h7-22,26H,3,5,23H2,1-2,4,6H3/b10-7-,13-8-,15-11-. The van der Waals surface area contributed by atoms with Gasteiger partial charge in [0.05, 0.1) is 5.69 Å². The summed E-state index contributed by atoms with van der Waals surface area (Å²) in [7, 11) is 0. The number of aromatic nitrogens is 1. The van der Waals surface area contributed by atoms with Crippen molar-refractivity contribution in [3.63, 3.8) is 0 Å². The average molecular weight is 490 g/mol. The van der Waals surface area contributed by atoms with Crippen molar-refractivity contribution < 1.29 is 0 Å². The number of allylic oxidation sites excluding steroid dienone is 7. The van der Waals surface area contributed by atoms with E-state index >= 15 is 0 Å². The van der Waals surface area contributed by atoms with Gasteiger partial charge < -0.3 is 4.57 Å². The van der Waals surface area contributed by atoms with Gasteiger partial charge in [-0.1, -0.05) is 73.9 Å². The number of hydrogen-bond acceptors (Lipinski definition) is 1. The van der Waals surface area contributed by atoms with Gasteiger partial charge in [0.15, 0.2) is 0 Å². The van der Waals surface area contributed by atoms with Crippen LogP contribution in [-0.4, -0.2) is 10.8 Å². The molecular weight excluding hydrogens is 454 g/mol. The van der Waals surface area contributed by atoms with E-state index in [4.69, 9.17) is 0 Å². The van der Waals surface area contributed by atoms with E-state index in [1.807, 2.05) is 25.2 Å². The zero-order valence-electron chi connectivity index (χ0n) is 21.8. The van der Waals surface area contributed by atoms with Crippen LogP contribution in [0.15, 0.2) is 97.0 Å². The second-order valence-electron chi connectivity index (χ2n) is 9.08. The van der Waals surface area contributed by atoms with Crippen LogP contribution >= 0.6 is 11.8 Å². The summed E-state index contributed by atoms with van der Waals surface area (Å²) in [6.07, 6.45) is 22.3. The molecule has 0 amide bonds. The summed E-state index contributed by atoms with van der Waals surface area (Å²) < 4.78 is 2.38. The molecular formula is C34H35NS. The van der Waals surface area contributed by atoms with Crippen molar-refractivity contribution in [2.75, 3.05) is 6.26 Å². The Morgan fingerprint density at radius 2 is 1.92 bits per heavy atom. The number of aryl methyl sites for hydroxylation is 1. The fourth-order valence-corrected chi connectivity index (χ4v) is 5.58. The van der Waals surface area contributed by atoms with E-state index in [9.17, 15) is 0 Å². The topological polar surface area (TPSA) is 4.93 Å². The van der Waals surface area contributed by atoms with Crippen LogP contribution in [0.4, 0.5) is 0 Å². The summed E-state index contributed by atoms with van der Waals surface area (Å²) in [5, 5.41) is 0. The van der Waals surface area contributed by atoms with Gasteiger partial charge in [0.1, 0.15) is 0 Å². The van der Waals surface area contributed by atoms with Gasteiger partial charge in [-0.25, -0.2) is 0 Å². The molecule has 2 heteroatoms. The summed E-state index contributed by atoms with van der Waals surface area (Å²) in [4.78, 5) is 1.25. The minimum Gasteiger partial charge on any atom is -0.310 e. The second-order valence-corrected chi connectivity index (χ2v) is 9.93. The molecule has 0 radical (unpaired) electrons. The normalized spacial score (nSPS) is 15.3. The molecule has 0 saturated heterocycles. The van der Waals surface area contributed by atoms with Crippen LogP contribution in [0.25, 0.3) is 29.5 Å². The first-order chi connectivity index (χ1) is 17.5. The molecule has 4 rings (SSSR count). The molecule has 0 fully saturated rings. The fraction of sp³-hybridized carbons (Fsp3) is 0.176. The van der Waals surface area contributed by atoms with Crippen molar-refractivity contribution in [1.82, 2.24) is 4.57 Å². The highest BCUT2D eigenvalue weighted by Gasteiger charge is 2.25. The van der Waals surface area contributed by atoms with Gasteiger partial charge >= 0.3 is 0 Å². The predicted octanol–water partition coefficient (Wildman–Crippen LogP) is 9.68. The smallest absolute Gasteiger partial charge is 0.0534 e. The van der Waals surface area contributed by atoms with Gasteiger partial charge in [0.25, 0.3) is 0 Å². The molecule has 1 heterocycles. The number of rotatable bonds is 8. The maximum Gasteiger partial charge on any atom is 0.0534 e. The molecule has 36 heavy (non-hydrogen) atoms. The highest BCUT2D eigenvalue weighted by Crippen LogP contribution is 2.39. The Bertz CT molecular complexity index is 1410. The molecule has 0 bridgehead atoms. The minimum atomic E-state index is 0.296. The Morgan fingerprint density at radius 1 is 1.08 bits per heavy atom. The van der Waals surface area contributed by atoms with E-state index in [1.54, 1.807) is 11.8 Å². The molecule has 3 aromatic rings. The molecule has 0 N–H and O–H groups in total. The molecule has 1 aliphatic rings. The molecule has 0 aliphatic heterocycles. The van der Waals surface area contributed by atoms with Crippen LogP contribution in [0.2, 0.25) is 0 Å². The number of hydrogen-bond donors (Lipinski definition) is 0. The van der Waals surface area contributed by atoms with E-state index in [-0.39, 0.29) is 0 Å². The second kappa shape index (κ2) is 11.5. The largest absolute Gasteiger partial charge is 0.310 e.